The zero-order chi connectivity index (χ0) is 19.0. The van der Waals surface area contributed by atoms with Crippen molar-refractivity contribution in [2.24, 2.45) is 0 Å². The van der Waals surface area contributed by atoms with Crippen molar-refractivity contribution in [3.05, 3.63) is 44.1 Å². The summed E-state index contributed by atoms with van der Waals surface area (Å²) in [5, 5.41) is 10.5. The SMILES string of the molecule is CCc1sc2ncnc(O[C@@H](Cc3cccc4c3OCC4)C(=O)O)c2c1I. The number of carbonyl (C=O) groups is 1. The Morgan fingerprint density at radius 1 is 1.44 bits per heavy atom. The van der Waals surface area contributed by atoms with Crippen molar-refractivity contribution in [3.63, 3.8) is 0 Å². The number of rotatable bonds is 6. The molecule has 1 aliphatic heterocycles. The lowest BCUT2D eigenvalue weighted by Crippen LogP contribution is -2.30. The largest absolute Gasteiger partial charge is 0.493 e. The maximum Gasteiger partial charge on any atom is 0.345 e. The lowest BCUT2D eigenvalue weighted by molar-refractivity contribution is -0.145. The predicted molar refractivity (Wildman–Crippen MR) is 111 cm³/mol. The molecule has 1 atom stereocenters. The maximum atomic E-state index is 11.9. The lowest BCUT2D eigenvalue weighted by Gasteiger charge is -2.16. The molecule has 6 nitrogen and oxygen atoms in total. The molecule has 0 unspecified atom stereocenters. The second-order valence-electron chi connectivity index (χ2n) is 6.20. The van der Waals surface area contributed by atoms with Crippen LogP contribution >= 0.6 is 33.9 Å². The van der Waals surface area contributed by atoms with Crippen LogP contribution in [0.15, 0.2) is 24.5 Å². The number of benzene rings is 1. The van der Waals surface area contributed by atoms with Crippen LogP contribution < -0.4 is 9.47 Å². The van der Waals surface area contributed by atoms with Crippen molar-refractivity contribution in [2.45, 2.75) is 32.3 Å². The van der Waals surface area contributed by atoms with E-state index in [0.29, 0.717) is 12.5 Å². The number of nitrogens with zero attached hydrogens (tertiary/aromatic N) is 2. The summed E-state index contributed by atoms with van der Waals surface area (Å²) in [5.74, 6) is 0.0816. The van der Waals surface area contributed by atoms with E-state index >= 15 is 0 Å². The average molecular weight is 496 g/mol. The number of carboxylic acids is 1. The number of para-hydroxylation sites is 1. The Bertz CT molecular complexity index is 1020. The highest BCUT2D eigenvalue weighted by Crippen LogP contribution is 2.37. The fourth-order valence-electron chi connectivity index (χ4n) is 3.20. The Kier molecular flexibility index (Phi) is 5.18. The zero-order valence-corrected chi connectivity index (χ0v) is 17.5. The topological polar surface area (TPSA) is 81.5 Å². The number of carboxylic acid groups (broad SMARTS) is 1. The molecule has 0 saturated carbocycles. The number of aryl methyl sites for hydroxylation is 1. The first-order chi connectivity index (χ1) is 13.1. The molecule has 0 bridgehead atoms. The summed E-state index contributed by atoms with van der Waals surface area (Å²) in [7, 11) is 0. The third-order valence-corrected chi connectivity index (χ3v) is 7.31. The van der Waals surface area contributed by atoms with Crippen molar-refractivity contribution >= 4 is 50.1 Å². The molecule has 3 aromatic rings. The summed E-state index contributed by atoms with van der Waals surface area (Å²) in [6, 6.07) is 5.83. The van der Waals surface area contributed by atoms with Gasteiger partial charge in [-0.05, 0) is 40.1 Å². The van der Waals surface area contributed by atoms with Gasteiger partial charge < -0.3 is 14.6 Å². The summed E-state index contributed by atoms with van der Waals surface area (Å²) in [6.07, 6.45) is 2.31. The van der Waals surface area contributed by atoms with Crippen molar-refractivity contribution in [1.82, 2.24) is 9.97 Å². The number of halogens is 1. The average Bonchev–Trinajstić information content (AvgIpc) is 3.26. The van der Waals surface area contributed by atoms with E-state index < -0.39 is 12.1 Å². The summed E-state index contributed by atoms with van der Waals surface area (Å²) < 4.78 is 12.6. The monoisotopic (exact) mass is 496 g/mol. The van der Waals surface area contributed by atoms with Crippen LogP contribution in [0.2, 0.25) is 0 Å². The van der Waals surface area contributed by atoms with Gasteiger partial charge in [-0.25, -0.2) is 14.8 Å². The molecule has 0 aliphatic carbocycles. The van der Waals surface area contributed by atoms with E-state index in [1.165, 1.54) is 11.2 Å². The summed E-state index contributed by atoms with van der Waals surface area (Å²) in [5.41, 5.74) is 1.96. The Hall–Kier alpha value is -1.94. The maximum absolute atomic E-state index is 11.9. The van der Waals surface area contributed by atoms with Crippen LogP contribution in [0.4, 0.5) is 0 Å². The van der Waals surface area contributed by atoms with Gasteiger partial charge in [-0.3, -0.25) is 0 Å². The highest BCUT2D eigenvalue weighted by molar-refractivity contribution is 14.1. The van der Waals surface area contributed by atoms with Crippen LogP contribution in [0.5, 0.6) is 11.6 Å². The number of thiophene rings is 1. The predicted octanol–water partition coefficient (Wildman–Crippen LogP) is 3.87. The normalized spacial score (nSPS) is 14.0. The van der Waals surface area contributed by atoms with E-state index in [0.717, 1.165) is 43.5 Å². The molecule has 4 rings (SSSR count). The lowest BCUT2D eigenvalue weighted by atomic mass is 10.0. The van der Waals surface area contributed by atoms with Crippen molar-refractivity contribution in [3.8, 4) is 11.6 Å². The summed E-state index contributed by atoms with van der Waals surface area (Å²) >= 11 is 3.84. The molecule has 3 heterocycles. The smallest absolute Gasteiger partial charge is 0.345 e. The molecule has 0 amide bonds. The second kappa shape index (κ2) is 7.59. The second-order valence-corrected chi connectivity index (χ2v) is 8.37. The molecule has 0 spiro atoms. The summed E-state index contributed by atoms with van der Waals surface area (Å²) in [4.78, 5) is 22.4. The van der Waals surface area contributed by atoms with Gasteiger partial charge in [0.1, 0.15) is 16.9 Å². The first-order valence-electron chi connectivity index (χ1n) is 8.63. The molecular weight excluding hydrogens is 479 g/mol. The van der Waals surface area contributed by atoms with Gasteiger partial charge in [0.15, 0.2) is 0 Å². The highest BCUT2D eigenvalue weighted by Gasteiger charge is 2.27. The van der Waals surface area contributed by atoms with Crippen LogP contribution in [-0.4, -0.2) is 33.8 Å². The number of ether oxygens (including phenoxy) is 2. The van der Waals surface area contributed by atoms with E-state index in [2.05, 4.69) is 39.5 Å². The Morgan fingerprint density at radius 2 is 2.30 bits per heavy atom. The molecule has 1 aromatic carbocycles. The standard InChI is InChI=1S/C19H17IN2O4S/c1-2-13-15(20)14-17(21-9-22-18(14)27-13)26-12(19(23)24)8-11-5-3-4-10-6-7-25-16(10)11/h3-5,9,12H,2,6-8H2,1H3,(H,23,24)/t12-/m0/s1. The van der Waals surface area contributed by atoms with E-state index in [1.807, 2.05) is 18.2 Å². The van der Waals surface area contributed by atoms with Crippen LogP contribution in [0.25, 0.3) is 10.2 Å². The molecule has 0 radical (unpaired) electrons. The zero-order valence-electron chi connectivity index (χ0n) is 14.6. The minimum absolute atomic E-state index is 0.214. The number of aliphatic carboxylic acids is 1. The molecule has 1 N–H and O–H groups in total. The Balaban J connectivity index is 1.67. The van der Waals surface area contributed by atoms with Crippen molar-refractivity contribution < 1.29 is 19.4 Å². The van der Waals surface area contributed by atoms with Crippen LogP contribution in [0.1, 0.15) is 22.9 Å². The Labute approximate surface area is 173 Å². The number of aromatic nitrogens is 2. The fourth-order valence-corrected chi connectivity index (χ4v) is 5.54. The molecule has 0 saturated heterocycles. The minimum atomic E-state index is -1.06. The van der Waals surface area contributed by atoms with Gasteiger partial charge in [-0.1, -0.05) is 25.1 Å². The molecule has 0 fully saturated rings. The van der Waals surface area contributed by atoms with Crippen LogP contribution in [0, 0.1) is 3.57 Å². The van der Waals surface area contributed by atoms with Crippen molar-refractivity contribution in [2.75, 3.05) is 6.61 Å². The quantitative estimate of drug-likeness (QED) is 0.522. The number of hydrogen-bond acceptors (Lipinski definition) is 6. The summed E-state index contributed by atoms with van der Waals surface area (Å²) in [6.45, 7) is 2.71. The van der Waals surface area contributed by atoms with Crippen molar-refractivity contribution in [1.29, 1.82) is 0 Å². The first kappa shape index (κ1) is 18.4. The van der Waals surface area contributed by atoms with Crippen LogP contribution in [-0.2, 0) is 24.1 Å². The van der Waals surface area contributed by atoms with E-state index in [9.17, 15) is 9.90 Å². The fraction of sp³-hybridized carbons (Fsp3) is 0.316. The molecular formula is C19H17IN2O4S. The first-order valence-corrected chi connectivity index (χ1v) is 10.5. The Morgan fingerprint density at radius 3 is 3.07 bits per heavy atom. The van der Waals surface area contributed by atoms with Gasteiger partial charge in [0.2, 0.25) is 12.0 Å². The van der Waals surface area contributed by atoms with Gasteiger partial charge in [0, 0.05) is 21.3 Å². The minimum Gasteiger partial charge on any atom is -0.493 e. The van der Waals surface area contributed by atoms with E-state index in [-0.39, 0.29) is 6.42 Å². The molecule has 8 heteroatoms. The van der Waals surface area contributed by atoms with Gasteiger partial charge in [-0.2, -0.15) is 0 Å². The molecule has 27 heavy (non-hydrogen) atoms. The van der Waals surface area contributed by atoms with E-state index in [4.69, 9.17) is 9.47 Å². The third-order valence-electron chi connectivity index (χ3n) is 4.51. The van der Waals surface area contributed by atoms with Gasteiger partial charge in [-0.15, -0.1) is 11.3 Å². The number of hydrogen-bond donors (Lipinski definition) is 1. The van der Waals surface area contributed by atoms with Crippen LogP contribution in [0.3, 0.4) is 0 Å². The van der Waals surface area contributed by atoms with Gasteiger partial charge >= 0.3 is 5.97 Å². The third kappa shape index (κ3) is 3.47. The molecule has 1 aliphatic rings. The molecule has 2 aromatic heterocycles. The van der Waals surface area contributed by atoms with Gasteiger partial charge in [0.25, 0.3) is 0 Å². The van der Waals surface area contributed by atoms with Gasteiger partial charge in [0.05, 0.1) is 12.0 Å². The van der Waals surface area contributed by atoms with E-state index in [1.54, 1.807) is 11.3 Å². The highest BCUT2D eigenvalue weighted by atomic mass is 127. The molecule has 140 valence electrons. The number of fused-ring (bicyclic) bond motifs is 2.